The Labute approximate surface area is 181 Å². The van der Waals surface area contributed by atoms with Gasteiger partial charge >= 0.3 is 5.69 Å². The minimum atomic E-state index is -0.399. The van der Waals surface area contributed by atoms with Gasteiger partial charge in [0.15, 0.2) is 0 Å². The van der Waals surface area contributed by atoms with Crippen molar-refractivity contribution in [1.82, 2.24) is 9.97 Å². The summed E-state index contributed by atoms with van der Waals surface area (Å²) in [4.78, 5) is 24.2. The van der Waals surface area contributed by atoms with Gasteiger partial charge in [-0.1, -0.05) is 44.2 Å². The second-order valence-electron chi connectivity index (χ2n) is 7.86. The van der Waals surface area contributed by atoms with Crippen molar-refractivity contribution >= 4 is 28.7 Å². The maximum Gasteiger partial charge on any atom is 0.353 e. The first-order valence-electron chi connectivity index (χ1n) is 10.4. The molecule has 0 amide bonds. The second-order valence-corrected chi connectivity index (χ2v) is 7.86. The van der Waals surface area contributed by atoms with Crippen LogP contribution in [0.1, 0.15) is 25.3 Å². The van der Waals surface area contributed by atoms with Gasteiger partial charge in [-0.05, 0) is 35.7 Å². The van der Waals surface area contributed by atoms with Gasteiger partial charge < -0.3 is 15.1 Å². The SMILES string of the molecule is CC(C)c1ccc(Nc2ncnc(N3CCN(c4ccccc4)CC3)c2[N+](=O)[O-])cc1. The number of nitro groups is 1. The van der Waals surface area contributed by atoms with E-state index in [4.69, 9.17) is 0 Å². The molecule has 160 valence electrons. The number of hydrogen-bond acceptors (Lipinski definition) is 7. The topological polar surface area (TPSA) is 87.4 Å². The van der Waals surface area contributed by atoms with Crippen LogP contribution in [0.5, 0.6) is 0 Å². The van der Waals surface area contributed by atoms with E-state index in [1.54, 1.807) is 0 Å². The molecule has 2 aromatic carbocycles. The number of benzene rings is 2. The Morgan fingerprint density at radius 1 is 0.935 bits per heavy atom. The summed E-state index contributed by atoms with van der Waals surface area (Å²) in [5, 5.41) is 15.1. The van der Waals surface area contributed by atoms with Crippen LogP contribution in [0, 0.1) is 10.1 Å². The quantitative estimate of drug-likeness (QED) is 0.463. The standard InChI is InChI=1S/C23H26N6O2/c1-17(2)18-8-10-19(11-9-18)26-22-21(29(30)31)23(25-16-24-22)28-14-12-27(13-15-28)20-6-4-3-5-7-20/h3-11,16-17H,12-15H2,1-2H3,(H,24,25,26). The van der Waals surface area contributed by atoms with Crippen molar-refractivity contribution in [2.75, 3.05) is 41.3 Å². The molecular weight excluding hydrogens is 392 g/mol. The molecule has 31 heavy (non-hydrogen) atoms. The molecule has 1 saturated heterocycles. The number of hydrogen-bond donors (Lipinski definition) is 1. The monoisotopic (exact) mass is 418 g/mol. The molecule has 1 N–H and O–H groups in total. The van der Waals surface area contributed by atoms with Crippen molar-refractivity contribution in [3.05, 3.63) is 76.6 Å². The van der Waals surface area contributed by atoms with E-state index in [0.29, 0.717) is 24.8 Å². The van der Waals surface area contributed by atoms with Crippen LogP contribution in [0.4, 0.5) is 28.7 Å². The molecule has 3 aromatic rings. The van der Waals surface area contributed by atoms with Gasteiger partial charge in [-0.25, -0.2) is 9.97 Å². The molecule has 0 atom stereocenters. The van der Waals surface area contributed by atoms with E-state index >= 15 is 0 Å². The van der Waals surface area contributed by atoms with Crippen molar-refractivity contribution in [3.63, 3.8) is 0 Å². The lowest BCUT2D eigenvalue weighted by Gasteiger charge is -2.36. The first-order chi connectivity index (χ1) is 15.0. The first-order valence-corrected chi connectivity index (χ1v) is 10.4. The highest BCUT2D eigenvalue weighted by Gasteiger charge is 2.29. The van der Waals surface area contributed by atoms with Crippen LogP contribution in [0.2, 0.25) is 0 Å². The van der Waals surface area contributed by atoms with Gasteiger partial charge in [0.2, 0.25) is 11.6 Å². The van der Waals surface area contributed by atoms with Crippen molar-refractivity contribution in [1.29, 1.82) is 0 Å². The van der Waals surface area contributed by atoms with Crippen LogP contribution in [-0.2, 0) is 0 Å². The van der Waals surface area contributed by atoms with Gasteiger partial charge in [-0.15, -0.1) is 0 Å². The van der Waals surface area contributed by atoms with Gasteiger partial charge in [0.1, 0.15) is 6.33 Å². The Morgan fingerprint density at radius 3 is 2.19 bits per heavy atom. The number of nitrogens with zero attached hydrogens (tertiary/aromatic N) is 5. The zero-order valence-corrected chi connectivity index (χ0v) is 17.7. The van der Waals surface area contributed by atoms with E-state index in [2.05, 4.69) is 46.2 Å². The predicted molar refractivity (Wildman–Crippen MR) is 123 cm³/mol. The molecule has 0 aliphatic carbocycles. The van der Waals surface area contributed by atoms with Gasteiger partial charge in [-0.2, -0.15) is 0 Å². The molecule has 0 bridgehead atoms. The number of para-hydroxylation sites is 1. The molecule has 1 fully saturated rings. The molecule has 8 nitrogen and oxygen atoms in total. The van der Waals surface area contributed by atoms with E-state index in [1.165, 1.54) is 11.9 Å². The molecule has 1 aromatic heterocycles. The fraction of sp³-hybridized carbons (Fsp3) is 0.304. The number of piperazine rings is 1. The van der Waals surface area contributed by atoms with E-state index in [9.17, 15) is 10.1 Å². The van der Waals surface area contributed by atoms with E-state index in [-0.39, 0.29) is 11.5 Å². The van der Waals surface area contributed by atoms with Gasteiger partial charge in [0, 0.05) is 37.6 Å². The average molecular weight is 419 g/mol. The lowest BCUT2D eigenvalue weighted by molar-refractivity contribution is -0.383. The van der Waals surface area contributed by atoms with Crippen molar-refractivity contribution in [2.45, 2.75) is 19.8 Å². The van der Waals surface area contributed by atoms with Crippen LogP contribution in [0.15, 0.2) is 60.9 Å². The predicted octanol–water partition coefficient (Wildman–Crippen LogP) is 4.58. The highest BCUT2D eigenvalue weighted by molar-refractivity contribution is 5.74. The van der Waals surface area contributed by atoms with Crippen LogP contribution < -0.4 is 15.1 Å². The zero-order valence-electron chi connectivity index (χ0n) is 17.7. The van der Waals surface area contributed by atoms with Crippen LogP contribution in [-0.4, -0.2) is 41.1 Å². The summed E-state index contributed by atoms with van der Waals surface area (Å²) in [5.74, 6) is 0.982. The van der Waals surface area contributed by atoms with Crippen molar-refractivity contribution in [2.24, 2.45) is 0 Å². The molecule has 0 spiro atoms. The highest BCUT2D eigenvalue weighted by Crippen LogP contribution is 2.34. The molecule has 0 radical (unpaired) electrons. The highest BCUT2D eigenvalue weighted by atomic mass is 16.6. The number of nitrogens with one attached hydrogen (secondary N) is 1. The number of anilines is 4. The zero-order chi connectivity index (χ0) is 21.8. The normalized spacial score (nSPS) is 14.0. The third-order valence-corrected chi connectivity index (χ3v) is 5.53. The Balaban J connectivity index is 1.54. The fourth-order valence-corrected chi connectivity index (χ4v) is 3.76. The lowest BCUT2D eigenvalue weighted by atomic mass is 10.0. The molecule has 1 aliphatic heterocycles. The smallest absolute Gasteiger partial charge is 0.353 e. The first kappa shape index (κ1) is 20.6. The summed E-state index contributed by atoms with van der Waals surface area (Å²) in [6, 6.07) is 18.1. The molecule has 2 heterocycles. The minimum Gasteiger partial charge on any atom is -0.368 e. The summed E-state index contributed by atoms with van der Waals surface area (Å²) in [5.41, 5.74) is 3.03. The summed E-state index contributed by atoms with van der Waals surface area (Å²) in [7, 11) is 0. The minimum absolute atomic E-state index is 0.0939. The molecule has 8 heteroatoms. The van der Waals surface area contributed by atoms with Gasteiger partial charge in [-0.3, -0.25) is 10.1 Å². The van der Waals surface area contributed by atoms with Crippen molar-refractivity contribution in [3.8, 4) is 0 Å². The maximum atomic E-state index is 12.0. The Morgan fingerprint density at radius 2 is 1.58 bits per heavy atom. The molecule has 4 rings (SSSR count). The third kappa shape index (κ3) is 4.58. The second kappa shape index (κ2) is 8.99. The summed E-state index contributed by atoms with van der Waals surface area (Å²) in [6.45, 7) is 7.09. The van der Waals surface area contributed by atoms with Crippen LogP contribution in [0.3, 0.4) is 0 Å². The molecule has 0 unspecified atom stereocenters. The summed E-state index contributed by atoms with van der Waals surface area (Å²) >= 11 is 0. The van der Waals surface area contributed by atoms with E-state index < -0.39 is 4.92 Å². The molecule has 0 saturated carbocycles. The van der Waals surface area contributed by atoms with E-state index in [0.717, 1.165) is 24.5 Å². The van der Waals surface area contributed by atoms with Crippen molar-refractivity contribution < 1.29 is 4.92 Å². The van der Waals surface area contributed by atoms with Crippen LogP contribution >= 0.6 is 0 Å². The molecular formula is C23H26N6O2. The Bertz CT molecular complexity index is 1030. The molecule has 1 aliphatic rings. The third-order valence-electron chi connectivity index (χ3n) is 5.53. The Kier molecular flexibility index (Phi) is 5.97. The Hall–Kier alpha value is -3.68. The summed E-state index contributed by atoms with van der Waals surface area (Å²) in [6.07, 6.45) is 1.39. The average Bonchev–Trinajstić information content (AvgIpc) is 2.80. The summed E-state index contributed by atoms with van der Waals surface area (Å²) < 4.78 is 0. The van der Waals surface area contributed by atoms with Gasteiger partial charge in [0.05, 0.1) is 4.92 Å². The van der Waals surface area contributed by atoms with E-state index in [1.807, 2.05) is 47.4 Å². The van der Waals surface area contributed by atoms with Gasteiger partial charge in [0.25, 0.3) is 0 Å². The fourth-order valence-electron chi connectivity index (χ4n) is 3.76. The van der Waals surface area contributed by atoms with Crippen LogP contribution in [0.25, 0.3) is 0 Å². The maximum absolute atomic E-state index is 12.0. The lowest BCUT2D eigenvalue weighted by Crippen LogP contribution is -2.47. The number of aromatic nitrogens is 2. The number of rotatable bonds is 6. The largest absolute Gasteiger partial charge is 0.368 e.